The molecule has 10 heteroatoms. The number of hydrogen-bond donors (Lipinski definition) is 2. The molecule has 1 aromatic heterocycles. The predicted octanol–water partition coefficient (Wildman–Crippen LogP) is 3.57. The van der Waals surface area contributed by atoms with Crippen molar-refractivity contribution in [3.05, 3.63) is 47.7 Å². The summed E-state index contributed by atoms with van der Waals surface area (Å²) in [5.41, 5.74) is 1.46. The van der Waals surface area contributed by atoms with Crippen molar-refractivity contribution in [2.24, 2.45) is 4.99 Å². The Morgan fingerprint density at radius 2 is 1.93 bits per heavy atom. The van der Waals surface area contributed by atoms with Gasteiger partial charge in [0.15, 0.2) is 17.5 Å². The Balaban J connectivity index is 0.00000420. The van der Waals surface area contributed by atoms with Gasteiger partial charge in [-0.1, -0.05) is 18.2 Å². The molecule has 0 aliphatic carbocycles. The first-order valence-corrected chi connectivity index (χ1v) is 8.70. The lowest BCUT2D eigenvalue weighted by molar-refractivity contribution is -0.0520. The van der Waals surface area contributed by atoms with E-state index < -0.39 is 6.61 Å². The summed E-state index contributed by atoms with van der Waals surface area (Å²) in [5.74, 6) is 1.32. The Bertz CT molecular complexity index is 777. The van der Waals surface area contributed by atoms with Crippen molar-refractivity contribution in [3.8, 4) is 17.4 Å². The second-order valence-corrected chi connectivity index (χ2v) is 5.54. The molecule has 2 N–H and O–H groups in total. The van der Waals surface area contributed by atoms with Crippen LogP contribution in [0.1, 0.15) is 18.1 Å². The highest BCUT2D eigenvalue weighted by Gasteiger charge is 2.16. The maximum atomic E-state index is 12.8. The van der Waals surface area contributed by atoms with Crippen molar-refractivity contribution < 1.29 is 23.0 Å². The summed E-state index contributed by atoms with van der Waals surface area (Å²) in [6, 6.07) is 8.65. The molecular formula is C19H25F2IN4O3. The second-order valence-electron chi connectivity index (χ2n) is 5.54. The molecule has 0 fully saturated rings. The van der Waals surface area contributed by atoms with Crippen LogP contribution >= 0.6 is 24.0 Å². The number of benzene rings is 1. The molecule has 0 unspecified atom stereocenters. The van der Waals surface area contributed by atoms with Crippen LogP contribution in [0.3, 0.4) is 0 Å². The first kappa shape index (κ1) is 24.7. The van der Waals surface area contributed by atoms with Gasteiger partial charge in [0.2, 0.25) is 5.88 Å². The number of aromatic nitrogens is 1. The number of guanidine groups is 1. The van der Waals surface area contributed by atoms with Crippen molar-refractivity contribution in [1.82, 2.24) is 15.6 Å². The Hall–Kier alpha value is -2.37. The number of rotatable bonds is 9. The molecule has 0 spiro atoms. The fourth-order valence-electron chi connectivity index (χ4n) is 2.41. The number of nitrogens with one attached hydrogen (secondary N) is 2. The molecule has 1 aromatic carbocycles. The SMILES string of the molecule is CCOc1cccc(CNC(=NC)NCc2ccc(OC)nc2)c1OC(F)F.I. The fraction of sp³-hybridized carbons (Fsp3) is 0.368. The number of aliphatic imine (C=N–C) groups is 1. The number of ether oxygens (including phenoxy) is 3. The monoisotopic (exact) mass is 522 g/mol. The predicted molar refractivity (Wildman–Crippen MR) is 117 cm³/mol. The smallest absolute Gasteiger partial charge is 0.387 e. The summed E-state index contributed by atoms with van der Waals surface area (Å²) in [6.45, 7) is -0.119. The number of hydrogen-bond acceptors (Lipinski definition) is 5. The van der Waals surface area contributed by atoms with E-state index in [1.807, 2.05) is 6.07 Å². The third-order valence-corrected chi connectivity index (χ3v) is 3.70. The normalized spacial score (nSPS) is 10.9. The summed E-state index contributed by atoms with van der Waals surface area (Å²) in [7, 11) is 3.17. The lowest BCUT2D eigenvalue weighted by atomic mass is 10.2. The van der Waals surface area contributed by atoms with Gasteiger partial charge in [-0.2, -0.15) is 8.78 Å². The van der Waals surface area contributed by atoms with Gasteiger partial charge in [-0.3, -0.25) is 4.99 Å². The molecule has 160 valence electrons. The zero-order valence-electron chi connectivity index (χ0n) is 16.4. The van der Waals surface area contributed by atoms with Crippen molar-refractivity contribution in [1.29, 1.82) is 0 Å². The molecular weight excluding hydrogens is 497 g/mol. The Morgan fingerprint density at radius 1 is 1.17 bits per heavy atom. The number of methoxy groups -OCH3 is 1. The van der Waals surface area contributed by atoms with E-state index in [0.717, 1.165) is 5.56 Å². The van der Waals surface area contributed by atoms with E-state index in [0.29, 0.717) is 30.6 Å². The van der Waals surface area contributed by atoms with Crippen LogP contribution in [-0.2, 0) is 13.1 Å². The van der Waals surface area contributed by atoms with E-state index in [4.69, 9.17) is 9.47 Å². The maximum absolute atomic E-state index is 12.8. The molecule has 0 amide bonds. The van der Waals surface area contributed by atoms with Crippen LogP contribution in [0, 0.1) is 0 Å². The molecule has 0 radical (unpaired) electrons. The number of pyridine rings is 1. The largest absolute Gasteiger partial charge is 0.490 e. The number of nitrogens with zero attached hydrogens (tertiary/aromatic N) is 2. The summed E-state index contributed by atoms with van der Waals surface area (Å²) in [6.07, 6.45) is 1.69. The summed E-state index contributed by atoms with van der Waals surface area (Å²) >= 11 is 0. The molecule has 0 saturated heterocycles. The summed E-state index contributed by atoms with van der Waals surface area (Å²) in [4.78, 5) is 8.27. The van der Waals surface area contributed by atoms with Crippen molar-refractivity contribution >= 4 is 29.9 Å². The van der Waals surface area contributed by atoms with Crippen molar-refractivity contribution in [2.75, 3.05) is 20.8 Å². The zero-order valence-corrected chi connectivity index (χ0v) is 18.8. The van der Waals surface area contributed by atoms with Crippen LogP contribution in [0.25, 0.3) is 0 Å². The van der Waals surface area contributed by atoms with Crippen LogP contribution in [0.2, 0.25) is 0 Å². The Morgan fingerprint density at radius 3 is 2.52 bits per heavy atom. The number of alkyl halides is 2. The Kier molecular flexibility index (Phi) is 11.0. The van der Waals surface area contributed by atoms with E-state index in [1.165, 1.54) is 0 Å². The quantitative estimate of drug-likeness (QED) is 0.298. The molecule has 29 heavy (non-hydrogen) atoms. The van der Waals surface area contributed by atoms with Gasteiger partial charge < -0.3 is 24.8 Å². The molecule has 2 rings (SSSR count). The molecule has 0 aliphatic heterocycles. The van der Waals surface area contributed by atoms with E-state index in [9.17, 15) is 8.78 Å². The lowest BCUT2D eigenvalue weighted by Crippen LogP contribution is -2.36. The van der Waals surface area contributed by atoms with Crippen LogP contribution in [0.4, 0.5) is 8.78 Å². The minimum Gasteiger partial charge on any atom is -0.490 e. The standard InChI is InChI=1S/C19H24F2N4O3.HI/c1-4-27-15-7-5-6-14(17(15)28-18(20)21)12-25-19(22-2)24-11-13-8-9-16(26-3)23-10-13;/h5-10,18H,4,11-12H2,1-3H3,(H2,22,24,25);1H. The number of para-hydroxylation sites is 1. The minimum absolute atomic E-state index is 0. The molecule has 0 atom stereocenters. The average Bonchev–Trinajstić information content (AvgIpc) is 2.70. The molecule has 1 heterocycles. The summed E-state index contributed by atoms with van der Waals surface area (Å²) in [5, 5.41) is 6.21. The van der Waals surface area contributed by atoms with Crippen LogP contribution in [-0.4, -0.2) is 38.3 Å². The third-order valence-electron chi connectivity index (χ3n) is 3.70. The third kappa shape index (κ3) is 7.87. The lowest BCUT2D eigenvalue weighted by Gasteiger charge is -2.17. The average molecular weight is 522 g/mol. The fourth-order valence-corrected chi connectivity index (χ4v) is 2.41. The summed E-state index contributed by atoms with van der Waals surface area (Å²) < 4.78 is 40.7. The van der Waals surface area contributed by atoms with Gasteiger partial charge in [-0.25, -0.2) is 4.98 Å². The van der Waals surface area contributed by atoms with E-state index >= 15 is 0 Å². The molecule has 2 aromatic rings. The molecule has 0 aliphatic rings. The van der Waals surface area contributed by atoms with Crippen LogP contribution in [0.15, 0.2) is 41.5 Å². The highest BCUT2D eigenvalue weighted by molar-refractivity contribution is 14.0. The topological polar surface area (TPSA) is 77.0 Å². The van der Waals surface area contributed by atoms with E-state index in [1.54, 1.807) is 51.5 Å². The van der Waals surface area contributed by atoms with Gasteiger partial charge in [0.05, 0.1) is 13.7 Å². The maximum Gasteiger partial charge on any atom is 0.387 e. The molecule has 7 nitrogen and oxygen atoms in total. The molecule has 0 bridgehead atoms. The highest BCUT2D eigenvalue weighted by atomic mass is 127. The van der Waals surface area contributed by atoms with Gasteiger partial charge >= 0.3 is 6.61 Å². The van der Waals surface area contributed by atoms with Gasteiger partial charge in [0.25, 0.3) is 0 Å². The van der Waals surface area contributed by atoms with Gasteiger partial charge in [0.1, 0.15) is 0 Å². The number of halogens is 3. The highest BCUT2D eigenvalue weighted by Crippen LogP contribution is 2.32. The van der Waals surface area contributed by atoms with E-state index in [2.05, 4.69) is 25.3 Å². The van der Waals surface area contributed by atoms with Crippen molar-refractivity contribution in [3.63, 3.8) is 0 Å². The first-order chi connectivity index (χ1) is 13.6. The minimum atomic E-state index is -2.94. The van der Waals surface area contributed by atoms with Crippen molar-refractivity contribution in [2.45, 2.75) is 26.6 Å². The van der Waals surface area contributed by atoms with Crippen LogP contribution < -0.4 is 24.8 Å². The Labute approximate surface area is 185 Å². The first-order valence-electron chi connectivity index (χ1n) is 8.70. The van der Waals surface area contributed by atoms with E-state index in [-0.39, 0.29) is 42.0 Å². The van der Waals surface area contributed by atoms with Crippen LogP contribution in [0.5, 0.6) is 17.4 Å². The van der Waals surface area contributed by atoms with Gasteiger partial charge in [0, 0.05) is 38.0 Å². The zero-order chi connectivity index (χ0) is 20.4. The van der Waals surface area contributed by atoms with Gasteiger partial charge in [-0.05, 0) is 18.6 Å². The van der Waals surface area contributed by atoms with Gasteiger partial charge in [-0.15, -0.1) is 24.0 Å². The second kappa shape index (κ2) is 13.0. The molecule has 0 saturated carbocycles.